The monoisotopic (exact) mass is 508 g/mol. The van der Waals surface area contributed by atoms with Gasteiger partial charge in [-0.1, -0.05) is 0 Å². The lowest BCUT2D eigenvalue weighted by Gasteiger charge is -2.41. The van der Waals surface area contributed by atoms with Gasteiger partial charge in [-0.3, -0.25) is 0 Å². The highest BCUT2D eigenvalue weighted by Crippen LogP contribution is 2.64. The molecule has 16 heteroatoms. The normalized spacial score (nSPS) is 18.8. The molecular formula is C7Br2F14. The van der Waals surface area contributed by atoms with Gasteiger partial charge >= 0.3 is 39.3 Å². The van der Waals surface area contributed by atoms with Crippen LogP contribution in [0.4, 0.5) is 61.5 Å². The van der Waals surface area contributed by atoms with Crippen LogP contribution < -0.4 is 0 Å². The maximum atomic E-state index is 13.1. The number of halogens is 16. The number of alkyl halides is 16. The molecule has 0 rings (SSSR count). The van der Waals surface area contributed by atoms with E-state index in [0.29, 0.717) is 15.9 Å². The van der Waals surface area contributed by atoms with Gasteiger partial charge in [0.1, 0.15) is 0 Å². The first-order valence-electron chi connectivity index (χ1n) is 4.52. The molecule has 0 aromatic rings. The highest BCUT2D eigenvalue weighted by atomic mass is 79.9. The molecule has 0 aromatic heterocycles. The molecule has 140 valence electrons. The van der Waals surface area contributed by atoms with Crippen molar-refractivity contribution in [2.24, 2.45) is 0 Å². The Morgan fingerprint density at radius 1 is 0.391 bits per heavy atom. The topological polar surface area (TPSA) is 0 Å². The average molecular weight is 510 g/mol. The van der Waals surface area contributed by atoms with Crippen molar-refractivity contribution in [3.05, 3.63) is 0 Å². The predicted octanol–water partition coefficient (Wildman–Crippen LogP) is 6.14. The summed E-state index contributed by atoms with van der Waals surface area (Å²) in [4.78, 5) is -5.77. The molecule has 23 heavy (non-hydrogen) atoms. The van der Waals surface area contributed by atoms with Crippen molar-refractivity contribution in [3.8, 4) is 0 Å². The molecule has 0 saturated heterocycles. The molecule has 0 bridgehead atoms. The van der Waals surface area contributed by atoms with Crippen LogP contribution in [0.2, 0.25) is 0 Å². The summed E-state index contributed by atoms with van der Waals surface area (Å²) in [6.45, 7) is 0. The van der Waals surface area contributed by atoms with Crippen LogP contribution >= 0.6 is 31.9 Å². The molecule has 0 heterocycles. The summed E-state index contributed by atoms with van der Waals surface area (Å²) in [6, 6.07) is 0. The average Bonchev–Trinajstić information content (AvgIpc) is 2.24. The Hall–Kier alpha value is -0.0200. The first-order chi connectivity index (χ1) is 9.50. The van der Waals surface area contributed by atoms with Crippen molar-refractivity contribution < 1.29 is 61.5 Å². The molecule has 1 unspecified atom stereocenters. The van der Waals surface area contributed by atoms with Gasteiger partial charge in [0.05, 0.1) is 0 Å². The Kier molecular flexibility index (Phi) is 5.48. The summed E-state index contributed by atoms with van der Waals surface area (Å²) in [7, 11) is 0. The molecule has 0 saturated carbocycles. The maximum absolute atomic E-state index is 13.1. The third kappa shape index (κ3) is 3.01. The smallest absolute Gasteiger partial charge is 0.216 e. The van der Waals surface area contributed by atoms with Crippen LogP contribution in [0.25, 0.3) is 0 Å². The second-order valence-electron chi connectivity index (χ2n) is 3.87. The van der Waals surface area contributed by atoms with Gasteiger partial charge in [-0.25, -0.2) is 4.39 Å². The lowest BCUT2D eigenvalue weighted by Crippen LogP contribution is -2.71. The highest BCUT2D eigenvalue weighted by molar-refractivity contribution is 9.12. The van der Waals surface area contributed by atoms with E-state index < -0.39 is 39.3 Å². The van der Waals surface area contributed by atoms with Gasteiger partial charge in [-0.2, -0.15) is 57.1 Å². The summed E-state index contributed by atoms with van der Waals surface area (Å²) < 4.78 is 169. The highest BCUT2D eigenvalue weighted by Gasteiger charge is 2.92. The lowest BCUT2D eigenvalue weighted by atomic mass is 9.95. The molecule has 0 aliphatic heterocycles. The van der Waals surface area contributed by atoms with Crippen LogP contribution in [0.5, 0.6) is 0 Å². The SMILES string of the molecule is FC(F)(F)C(F)(F)C(F)(F)C(F)(F)C(F)(F)C(F)(Br)C(F)(F)Br. The van der Waals surface area contributed by atoms with E-state index in [2.05, 4.69) is 0 Å². The zero-order valence-corrected chi connectivity index (χ0v) is 12.7. The van der Waals surface area contributed by atoms with Crippen molar-refractivity contribution >= 4 is 31.9 Å². The third-order valence-corrected chi connectivity index (χ3v) is 4.36. The van der Waals surface area contributed by atoms with Gasteiger partial charge in [0.2, 0.25) is 0 Å². The molecule has 0 N–H and O–H groups in total. The fraction of sp³-hybridized carbons (Fsp3) is 1.00. The summed E-state index contributed by atoms with van der Waals surface area (Å²) in [5, 5.41) is 0. The van der Waals surface area contributed by atoms with Gasteiger partial charge < -0.3 is 0 Å². The van der Waals surface area contributed by atoms with Crippen molar-refractivity contribution in [1.29, 1.82) is 0 Å². The molecule has 0 spiro atoms. The molecule has 0 amide bonds. The molecular weight excluding hydrogens is 510 g/mol. The predicted molar refractivity (Wildman–Crippen MR) is 52.5 cm³/mol. The van der Waals surface area contributed by atoms with Gasteiger partial charge in [0.25, 0.3) is 0 Å². The van der Waals surface area contributed by atoms with E-state index in [1.165, 1.54) is 0 Å². The Bertz CT molecular complexity index is 403. The van der Waals surface area contributed by atoms with E-state index in [1.54, 1.807) is 0 Å². The molecule has 0 aromatic carbocycles. The summed E-state index contributed by atoms with van der Waals surface area (Å²) >= 11 is 1.38. The summed E-state index contributed by atoms with van der Waals surface area (Å²) in [5.74, 6) is -31.1. The quantitative estimate of drug-likeness (QED) is 0.309. The zero-order valence-electron chi connectivity index (χ0n) is 9.55. The Morgan fingerprint density at radius 3 is 0.870 bits per heavy atom. The molecule has 0 aliphatic carbocycles. The molecule has 0 nitrogen and oxygen atoms in total. The van der Waals surface area contributed by atoms with Crippen LogP contribution in [0.1, 0.15) is 0 Å². The second kappa shape index (κ2) is 5.49. The first-order valence-corrected chi connectivity index (χ1v) is 6.11. The second-order valence-corrected chi connectivity index (χ2v) is 5.96. The van der Waals surface area contributed by atoms with Gasteiger partial charge in [0, 0.05) is 0 Å². The molecule has 0 aliphatic rings. The van der Waals surface area contributed by atoms with Crippen LogP contribution in [0.15, 0.2) is 0 Å². The zero-order chi connectivity index (χ0) is 19.5. The minimum Gasteiger partial charge on any atom is -0.216 e. The standard InChI is InChI=1S/C7Br2F14/c8-1(10,6(9,19)20)2(11,12)3(13,14)4(15,16)5(17,18)7(21,22)23. The van der Waals surface area contributed by atoms with Crippen molar-refractivity contribution in [3.63, 3.8) is 0 Å². The van der Waals surface area contributed by atoms with Gasteiger partial charge in [-0.15, -0.1) is 0 Å². The van der Waals surface area contributed by atoms with Gasteiger partial charge in [0.15, 0.2) is 0 Å². The van der Waals surface area contributed by atoms with Gasteiger partial charge in [-0.05, 0) is 31.9 Å². The Labute approximate surface area is 133 Å². The lowest BCUT2D eigenvalue weighted by molar-refractivity contribution is -0.430. The van der Waals surface area contributed by atoms with Crippen LogP contribution in [0.3, 0.4) is 0 Å². The fourth-order valence-corrected chi connectivity index (χ4v) is 1.45. The number of rotatable bonds is 5. The third-order valence-electron chi connectivity index (χ3n) is 2.29. The van der Waals surface area contributed by atoms with E-state index >= 15 is 0 Å². The van der Waals surface area contributed by atoms with Crippen LogP contribution in [0, 0.1) is 0 Å². The van der Waals surface area contributed by atoms with Crippen molar-refractivity contribution in [2.75, 3.05) is 0 Å². The maximum Gasteiger partial charge on any atom is 0.460 e. The van der Waals surface area contributed by atoms with E-state index in [9.17, 15) is 61.5 Å². The summed E-state index contributed by atoms with van der Waals surface area (Å²) in [5.41, 5.74) is 0. The Morgan fingerprint density at radius 2 is 0.652 bits per heavy atom. The molecule has 0 fully saturated rings. The largest absolute Gasteiger partial charge is 0.460 e. The van der Waals surface area contributed by atoms with Crippen molar-refractivity contribution in [2.45, 2.75) is 39.3 Å². The Balaban J connectivity index is 6.37. The minimum atomic E-state index is -7.98. The van der Waals surface area contributed by atoms with E-state index in [0.717, 1.165) is 15.9 Å². The number of hydrogen-bond donors (Lipinski definition) is 0. The first kappa shape index (κ1) is 23.0. The molecule has 0 radical (unpaired) electrons. The van der Waals surface area contributed by atoms with E-state index in [4.69, 9.17) is 0 Å². The van der Waals surface area contributed by atoms with E-state index in [1.807, 2.05) is 0 Å². The molecule has 1 atom stereocenters. The van der Waals surface area contributed by atoms with E-state index in [-0.39, 0.29) is 0 Å². The minimum absolute atomic E-state index is 0.616. The summed E-state index contributed by atoms with van der Waals surface area (Å²) in [6.07, 6.45) is -7.47. The van der Waals surface area contributed by atoms with Crippen molar-refractivity contribution in [1.82, 2.24) is 0 Å². The fourth-order valence-electron chi connectivity index (χ4n) is 0.948. The van der Waals surface area contributed by atoms with Crippen LogP contribution in [-0.4, -0.2) is 39.3 Å². The van der Waals surface area contributed by atoms with Crippen LogP contribution in [-0.2, 0) is 0 Å². The number of hydrogen-bond acceptors (Lipinski definition) is 0.